The standard InChI is InChI=1S/C12H12O3/c1-14-11(13)12-7-6-10(15-12)8-4-2-3-5-9(8)12/h2-5,10H,6-7H2,1H3. The van der Waals surface area contributed by atoms with Gasteiger partial charge in [0.15, 0.2) is 5.60 Å². The highest BCUT2D eigenvalue weighted by Crippen LogP contribution is 2.55. The van der Waals surface area contributed by atoms with Crippen LogP contribution in [0.4, 0.5) is 0 Å². The molecule has 2 atom stereocenters. The van der Waals surface area contributed by atoms with Crippen LogP contribution in [0.1, 0.15) is 30.1 Å². The number of hydrogen-bond donors (Lipinski definition) is 0. The molecule has 0 aromatic heterocycles. The van der Waals surface area contributed by atoms with E-state index in [2.05, 4.69) is 0 Å². The third-order valence-corrected chi connectivity index (χ3v) is 3.36. The highest BCUT2D eigenvalue weighted by Gasteiger charge is 2.56. The predicted octanol–water partition coefficient (Wildman–Crippen LogP) is 1.92. The second-order valence-electron chi connectivity index (χ2n) is 4.05. The van der Waals surface area contributed by atoms with Gasteiger partial charge in [0.25, 0.3) is 0 Å². The fraction of sp³-hybridized carbons (Fsp3) is 0.417. The Balaban J connectivity index is 2.17. The molecule has 1 fully saturated rings. The van der Waals surface area contributed by atoms with Gasteiger partial charge in [0.2, 0.25) is 0 Å². The summed E-state index contributed by atoms with van der Waals surface area (Å²) in [6, 6.07) is 7.91. The van der Waals surface area contributed by atoms with Gasteiger partial charge in [-0.05, 0) is 18.4 Å². The van der Waals surface area contributed by atoms with Crippen LogP contribution < -0.4 is 0 Å². The zero-order valence-corrected chi connectivity index (χ0v) is 8.53. The summed E-state index contributed by atoms with van der Waals surface area (Å²) in [4.78, 5) is 11.8. The first-order valence-corrected chi connectivity index (χ1v) is 5.13. The van der Waals surface area contributed by atoms with Gasteiger partial charge < -0.3 is 9.47 Å². The maximum absolute atomic E-state index is 11.8. The van der Waals surface area contributed by atoms with Crippen molar-refractivity contribution in [1.29, 1.82) is 0 Å². The van der Waals surface area contributed by atoms with Crippen molar-refractivity contribution in [3.8, 4) is 0 Å². The van der Waals surface area contributed by atoms with Crippen molar-refractivity contribution in [3.05, 3.63) is 35.4 Å². The second kappa shape index (κ2) is 2.83. The molecule has 15 heavy (non-hydrogen) atoms. The van der Waals surface area contributed by atoms with E-state index in [-0.39, 0.29) is 12.1 Å². The number of methoxy groups -OCH3 is 1. The lowest BCUT2D eigenvalue weighted by atomic mass is 9.82. The first-order valence-electron chi connectivity index (χ1n) is 5.13. The lowest BCUT2D eigenvalue weighted by molar-refractivity contribution is -0.166. The number of ether oxygens (including phenoxy) is 2. The number of rotatable bonds is 1. The normalized spacial score (nSPS) is 31.4. The quantitative estimate of drug-likeness (QED) is 0.655. The van der Waals surface area contributed by atoms with Gasteiger partial charge in [0, 0.05) is 5.56 Å². The van der Waals surface area contributed by atoms with E-state index < -0.39 is 5.60 Å². The highest BCUT2D eigenvalue weighted by molar-refractivity contribution is 5.83. The first kappa shape index (κ1) is 8.92. The molecule has 0 spiro atoms. The lowest BCUT2D eigenvalue weighted by Gasteiger charge is -2.23. The van der Waals surface area contributed by atoms with Crippen LogP contribution in [0.25, 0.3) is 0 Å². The van der Waals surface area contributed by atoms with Gasteiger partial charge in [0.05, 0.1) is 13.2 Å². The summed E-state index contributed by atoms with van der Waals surface area (Å²) in [5.41, 5.74) is 1.33. The number of carbonyl (C=O) groups is 1. The Labute approximate surface area is 88.0 Å². The monoisotopic (exact) mass is 204 g/mol. The van der Waals surface area contributed by atoms with Crippen LogP contribution >= 0.6 is 0 Å². The van der Waals surface area contributed by atoms with Gasteiger partial charge in [-0.2, -0.15) is 0 Å². The molecule has 2 heterocycles. The third kappa shape index (κ3) is 0.960. The molecule has 0 radical (unpaired) electrons. The molecule has 2 bridgehead atoms. The Morgan fingerprint density at radius 2 is 2.33 bits per heavy atom. The molecule has 3 heteroatoms. The molecule has 0 saturated carbocycles. The van der Waals surface area contributed by atoms with Crippen LogP contribution in [-0.4, -0.2) is 13.1 Å². The average Bonchev–Trinajstić information content (AvgIpc) is 2.86. The molecular formula is C12H12O3. The van der Waals surface area contributed by atoms with Crippen LogP contribution in [0.2, 0.25) is 0 Å². The van der Waals surface area contributed by atoms with E-state index in [0.29, 0.717) is 0 Å². The molecule has 3 rings (SSSR count). The number of fused-ring (bicyclic) bond motifs is 5. The zero-order chi connectivity index (χ0) is 10.5. The average molecular weight is 204 g/mol. The molecule has 1 saturated heterocycles. The lowest BCUT2D eigenvalue weighted by Crippen LogP contribution is -2.34. The SMILES string of the molecule is COC(=O)C12CCC(O1)c1ccccc12. The topological polar surface area (TPSA) is 35.5 Å². The Kier molecular flexibility index (Phi) is 1.68. The molecule has 0 aliphatic carbocycles. The largest absolute Gasteiger partial charge is 0.467 e. The van der Waals surface area contributed by atoms with E-state index in [9.17, 15) is 4.79 Å². The Hall–Kier alpha value is -1.35. The van der Waals surface area contributed by atoms with Crippen LogP contribution in [0.15, 0.2) is 24.3 Å². The molecule has 0 amide bonds. The number of benzene rings is 1. The highest BCUT2D eigenvalue weighted by atomic mass is 16.6. The van der Waals surface area contributed by atoms with E-state index >= 15 is 0 Å². The maximum atomic E-state index is 11.8. The van der Waals surface area contributed by atoms with Gasteiger partial charge in [-0.25, -0.2) is 4.79 Å². The summed E-state index contributed by atoms with van der Waals surface area (Å²) < 4.78 is 10.7. The first-order chi connectivity index (χ1) is 7.28. The summed E-state index contributed by atoms with van der Waals surface area (Å²) >= 11 is 0. The van der Waals surface area contributed by atoms with Crippen LogP contribution in [0, 0.1) is 0 Å². The van der Waals surface area contributed by atoms with E-state index in [1.807, 2.05) is 24.3 Å². The Morgan fingerprint density at radius 1 is 1.53 bits per heavy atom. The van der Waals surface area contributed by atoms with Crippen LogP contribution in [0.3, 0.4) is 0 Å². The number of carbonyl (C=O) groups excluding carboxylic acids is 1. The maximum Gasteiger partial charge on any atom is 0.342 e. The molecule has 2 aliphatic rings. The minimum atomic E-state index is -0.810. The number of hydrogen-bond acceptors (Lipinski definition) is 3. The van der Waals surface area contributed by atoms with E-state index in [4.69, 9.17) is 9.47 Å². The van der Waals surface area contributed by atoms with Gasteiger partial charge in [-0.3, -0.25) is 0 Å². The smallest absolute Gasteiger partial charge is 0.342 e. The Bertz CT molecular complexity index is 427. The van der Waals surface area contributed by atoms with Crippen molar-refractivity contribution in [2.75, 3.05) is 7.11 Å². The molecule has 78 valence electrons. The van der Waals surface area contributed by atoms with Gasteiger partial charge in [-0.15, -0.1) is 0 Å². The fourth-order valence-electron chi connectivity index (χ4n) is 2.68. The van der Waals surface area contributed by atoms with Gasteiger partial charge in [0.1, 0.15) is 0 Å². The van der Waals surface area contributed by atoms with Crippen molar-refractivity contribution >= 4 is 5.97 Å². The summed E-state index contributed by atoms with van der Waals surface area (Å²) in [5.74, 6) is -0.269. The van der Waals surface area contributed by atoms with Crippen molar-refractivity contribution < 1.29 is 14.3 Å². The van der Waals surface area contributed by atoms with Gasteiger partial charge in [-0.1, -0.05) is 24.3 Å². The molecule has 1 aromatic rings. The van der Waals surface area contributed by atoms with E-state index in [0.717, 1.165) is 24.0 Å². The Morgan fingerprint density at radius 3 is 3.13 bits per heavy atom. The molecule has 1 aromatic carbocycles. The van der Waals surface area contributed by atoms with Crippen molar-refractivity contribution in [1.82, 2.24) is 0 Å². The van der Waals surface area contributed by atoms with Crippen LogP contribution in [-0.2, 0) is 19.9 Å². The zero-order valence-electron chi connectivity index (χ0n) is 8.53. The third-order valence-electron chi connectivity index (χ3n) is 3.36. The summed E-state index contributed by atoms with van der Waals surface area (Å²) in [6.07, 6.45) is 1.73. The summed E-state index contributed by atoms with van der Waals surface area (Å²) in [5, 5.41) is 0. The van der Waals surface area contributed by atoms with Gasteiger partial charge >= 0.3 is 5.97 Å². The molecule has 0 N–H and O–H groups in total. The molecule has 2 unspecified atom stereocenters. The second-order valence-corrected chi connectivity index (χ2v) is 4.05. The summed E-state index contributed by atoms with van der Waals surface area (Å²) in [6.45, 7) is 0. The minimum absolute atomic E-state index is 0.0836. The number of esters is 1. The molecule has 2 aliphatic heterocycles. The molecule has 3 nitrogen and oxygen atoms in total. The van der Waals surface area contributed by atoms with Crippen molar-refractivity contribution in [2.24, 2.45) is 0 Å². The van der Waals surface area contributed by atoms with Crippen molar-refractivity contribution in [2.45, 2.75) is 24.5 Å². The fourth-order valence-corrected chi connectivity index (χ4v) is 2.68. The predicted molar refractivity (Wildman–Crippen MR) is 53.2 cm³/mol. The van der Waals surface area contributed by atoms with E-state index in [1.165, 1.54) is 7.11 Å². The van der Waals surface area contributed by atoms with E-state index in [1.54, 1.807) is 0 Å². The minimum Gasteiger partial charge on any atom is -0.467 e. The van der Waals surface area contributed by atoms with Crippen LogP contribution in [0.5, 0.6) is 0 Å². The van der Waals surface area contributed by atoms with Crippen molar-refractivity contribution in [3.63, 3.8) is 0 Å². The summed E-state index contributed by atoms with van der Waals surface area (Å²) in [7, 11) is 1.41. The molecular weight excluding hydrogens is 192 g/mol.